The summed E-state index contributed by atoms with van der Waals surface area (Å²) in [6, 6.07) is 16.6. The third-order valence-electron chi connectivity index (χ3n) is 4.86. The van der Waals surface area contributed by atoms with E-state index in [1.807, 2.05) is 37.3 Å². The summed E-state index contributed by atoms with van der Waals surface area (Å²) < 4.78 is 14.2. The predicted octanol–water partition coefficient (Wildman–Crippen LogP) is 2.56. The lowest BCUT2D eigenvalue weighted by Gasteiger charge is -2.19. The molecule has 0 spiro atoms. The Morgan fingerprint density at radius 3 is 2.70 bits per heavy atom. The molecule has 4 aromatic rings. The number of thioether (sulfide) groups is 1. The zero-order valence-corrected chi connectivity index (χ0v) is 18.5. The van der Waals surface area contributed by atoms with E-state index in [1.165, 1.54) is 4.57 Å². The summed E-state index contributed by atoms with van der Waals surface area (Å²) in [5.74, 6) is 1.55. The van der Waals surface area contributed by atoms with E-state index < -0.39 is 5.69 Å². The summed E-state index contributed by atoms with van der Waals surface area (Å²) >= 11 is 1.14. The van der Waals surface area contributed by atoms with Crippen molar-refractivity contribution in [2.45, 2.75) is 12.1 Å². The van der Waals surface area contributed by atoms with Crippen LogP contribution >= 0.6 is 11.8 Å². The SMILES string of the molecule is Cc1cc(NC(=O)CSc2n[nH]c(=O)n2-c2ccc3c(c2)OCCO3)n(-c2ccccc2)n1. The fourth-order valence-corrected chi connectivity index (χ4v) is 4.20. The third kappa shape index (κ3) is 4.35. The summed E-state index contributed by atoms with van der Waals surface area (Å²) in [7, 11) is 0. The normalized spacial score (nSPS) is 12.5. The Morgan fingerprint density at radius 2 is 1.88 bits per heavy atom. The molecule has 3 heterocycles. The lowest BCUT2D eigenvalue weighted by Crippen LogP contribution is -2.19. The molecule has 0 saturated heterocycles. The van der Waals surface area contributed by atoms with Crippen LogP contribution in [0.5, 0.6) is 11.5 Å². The van der Waals surface area contributed by atoms with Gasteiger partial charge in [0.2, 0.25) is 5.91 Å². The number of hydrogen-bond donors (Lipinski definition) is 2. The smallest absolute Gasteiger partial charge is 0.348 e. The Morgan fingerprint density at radius 1 is 1.09 bits per heavy atom. The number of fused-ring (bicyclic) bond motifs is 1. The van der Waals surface area contributed by atoms with Crippen LogP contribution in [-0.2, 0) is 4.79 Å². The van der Waals surface area contributed by atoms with Gasteiger partial charge in [-0.3, -0.25) is 4.79 Å². The first-order chi connectivity index (χ1) is 16.1. The number of benzene rings is 2. The van der Waals surface area contributed by atoms with Gasteiger partial charge in [-0.05, 0) is 31.2 Å². The topological polar surface area (TPSA) is 116 Å². The molecular weight excluding hydrogens is 444 g/mol. The first-order valence-electron chi connectivity index (χ1n) is 10.2. The van der Waals surface area contributed by atoms with Crippen molar-refractivity contribution in [2.24, 2.45) is 0 Å². The lowest BCUT2D eigenvalue weighted by atomic mass is 10.2. The number of nitrogens with zero attached hydrogens (tertiary/aromatic N) is 4. The van der Waals surface area contributed by atoms with Gasteiger partial charge in [-0.25, -0.2) is 19.1 Å². The van der Waals surface area contributed by atoms with Gasteiger partial charge in [0.25, 0.3) is 0 Å². The molecule has 1 aliphatic rings. The largest absolute Gasteiger partial charge is 0.486 e. The quantitative estimate of drug-likeness (QED) is 0.421. The number of amides is 1. The van der Waals surface area contributed by atoms with Gasteiger partial charge >= 0.3 is 5.69 Å². The second-order valence-corrected chi connectivity index (χ2v) is 8.17. The zero-order valence-electron chi connectivity index (χ0n) is 17.6. The number of nitrogens with one attached hydrogen (secondary N) is 2. The van der Waals surface area contributed by atoms with Gasteiger partial charge in [-0.1, -0.05) is 30.0 Å². The van der Waals surface area contributed by atoms with E-state index in [1.54, 1.807) is 28.9 Å². The molecule has 2 aromatic carbocycles. The van der Waals surface area contributed by atoms with Crippen LogP contribution in [0, 0.1) is 6.92 Å². The van der Waals surface area contributed by atoms with Crippen molar-refractivity contribution in [3.8, 4) is 22.9 Å². The van der Waals surface area contributed by atoms with Gasteiger partial charge in [0.1, 0.15) is 19.0 Å². The van der Waals surface area contributed by atoms with Crippen LogP contribution in [-0.4, -0.2) is 49.4 Å². The van der Waals surface area contributed by atoms with E-state index in [-0.39, 0.29) is 11.7 Å². The van der Waals surface area contributed by atoms with E-state index >= 15 is 0 Å². The summed E-state index contributed by atoms with van der Waals surface area (Å²) in [4.78, 5) is 25.1. The van der Waals surface area contributed by atoms with Gasteiger partial charge in [-0.2, -0.15) is 5.10 Å². The molecule has 1 aliphatic heterocycles. The van der Waals surface area contributed by atoms with Crippen molar-refractivity contribution >= 4 is 23.5 Å². The van der Waals surface area contributed by atoms with E-state index in [9.17, 15) is 9.59 Å². The number of carbonyl (C=O) groups is 1. The van der Waals surface area contributed by atoms with Crippen LogP contribution < -0.4 is 20.5 Å². The first kappa shape index (κ1) is 20.9. The number of rotatable bonds is 6. The highest BCUT2D eigenvalue weighted by atomic mass is 32.2. The number of aromatic nitrogens is 5. The predicted molar refractivity (Wildman–Crippen MR) is 123 cm³/mol. The maximum atomic E-state index is 12.7. The molecule has 0 saturated carbocycles. The van der Waals surface area contributed by atoms with Gasteiger partial charge in [-0.15, -0.1) is 5.10 Å². The molecule has 5 rings (SSSR count). The first-order valence-corrected chi connectivity index (χ1v) is 11.2. The third-order valence-corrected chi connectivity index (χ3v) is 5.80. The number of H-pyrrole nitrogens is 1. The van der Waals surface area contributed by atoms with Crippen LogP contribution in [0.3, 0.4) is 0 Å². The summed E-state index contributed by atoms with van der Waals surface area (Å²) in [6.07, 6.45) is 0. The Bertz CT molecular complexity index is 1360. The number of aromatic amines is 1. The van der Waals surface area contributed by atoms with Gasteiger partial charge in [0.15, 0.2) is 16.7 Å². The fourth-order valence-electron chi connectivity index (χ4n) is 3.44. The van der Waals surface area contributed by atoms with E-state index in [0.717, 1.165) is 23.1 Å². The summed E-state index contributed by atoms with van der Waals surface area (Å²) in [6.45, 7) is 2.79. The van der Waals surface area contributed by atoms with Gasteiger partial charge in [0, 0.05) is 12.1 Å². The number of aryl methyl sites for hydroxylation is 1. The minimum atomic E-state index is -0.410. The molecule has 2 N–H and O–H groups in total. The number of para-hydroxylation sites is 1. The Kier molecular flexibility index (Phi) is 5.61. The minimum Gasteiger partial charge on any atom is -0.486 e. The van der Waals surface area contributed by atoms with Crippen LogP contribution in [0.15, 0.2) is 64.5 Å². The molecule has 0 aliphatic carbocycles. The molecule has 0 unspecified atom stereocenters. The highest BCUT2D eigenvalue weighted by molar-refractivity contribution is 7.99. The van der Waals surface area contributed by atoms with E-state index in [4.69, 9.17) is 9.47 Å². The van der Waals surface area contributed by atoms with Crippen molar-refractivity contribution in [2.75, 3.05) is 24.3 Å². The van der Waals surface area contributed by atoms with Crippen LogP contribution in [0.25, 0.3) is 11.4 Å². The highest BCUT2D eigenvalue weighted by Gasteiger charge is 2.18. The average Bonchev–Trinajstić information content (AvgIpc) is 3.39. The van der Waals surface area contributed by atoms with Crippen molar-refractivity contribution < 1.29 is 14.3 Å². The Balaban J connectivity index is 1.32. The van der Waals surface area contributed by atoms with Crippen molar-refractivity contribution in [1.82, 2.24) is 24.5 Å². The molecule has 168 valence electrons. The lowest BCUT2D eigenvalue weighted by molar-refractivity contribution is -0.113. The monoisotopic (exact) mass is 464 g/mol. The Labute approximate surface area is 192 Å². The molecule has 33 heavy (non-hydrogen) atoms. The molecule has 11 heteroatoms. The average molecular weight is 465 g/mol. The number of carbonyl (C=O) groups excluding carboxylic acids is 1. The standard InChI is InChI=1S/C22H20N6O4S/c1-14-11-19(28(26-14)15-5-3-2-4-6-15)23-20(29)13-33-22-25-24-21(30)27(22)16-7-8-17-18(12-16)32-10-9-31-17/h2-8,11-12H,9-10,13H2,1H3,(H,23,29)(H,24,30). The number of anilines is 1. The van der Waals surface area contributed by atoms with Crippen molar-refractivity contribution in [1.29, 1.82) is 0 Å². The number of ether oxygens (including phenoxy) is 2. The molecule has 10 nitrogen and oxygen atoms in total. The van der Waals surface area contributed by atoms with Gasteiger partial charge in [0.05, 0.1) is 22.8 Å². The van der Waals surface area contributed by atoms with Crippen LogP contribution in [0.2, 0.25) is 0 Å². The highest BCUT2D eigenvalue weighted by Crippen LogP contribution is 2.32. The molecule has 2 aromatic heterocycles. The van der Waals surface area contributed by atoms with E-state index in [2.05, 4.69) is 20.6 Å². The van der Waals surface area contributed by atoms with Crippen molar-refractivity contribution in [3.05, 3.63) is 70.8 Å². The number of hydrogen-bond acceptors (Lipinski definition) is 7. The minimum absolute atomic E-state index is 0.0495. The Hall–Kier alpha value is -3.99. The van der Waals surface area contributed by atoms with Gasteiger partial charge < -0.3 is 14.8 Å². The molecule has 1 amide bonds. The maximum Gasteiger partial charge on any atom is 0.348 e. The second kappa shape index (κ2) is 8.87. The van der Waals surface area contributed by atoms with Crippen molar-refractivity contribution in [3.63, 3.8) is 0 Å². The second-order valence-electron chi connectivity index (χ2n) is 7.23. The fraction of sp³-hybridized carbons (Fsp3) is 0.182. The zero-order chi connectivity index (χ0) is 22.8. The summed E-state index contributed by atoms with van der Waals surface area (Å²) in [5, 5.41) is 14.2. The van der Waals surface area contributed by atoms with Crippen LogP contribution in [0.4, 0.5) is 5.82 Å². The molecule has 0 bridgehead atoms. The molecule has 0 fully saturated rings. The maximum absolute atomic E-state index is 12.7. The molecule has 0 atom stereocenters. The summed E-state index contributed by atoms with van der Waals surface area (Å²) in [5.41, 5.74) is 1.78. The van der Waals surface area contributed by atoms with E-state index in [0.29, 0.717) is 41.4 Å². The molecular formula is C22H20N6O4S. The molecule has 0 radical (unpaired) electrons. The van der Waals surface area contributed by atoms with Crippen LogP contribution in [0.1, 0.15) is 5.69 Å².